The molecule has 0 radical (unpaired) electrons. The maximum atomic E-state index is 13.2. The van der Waals surface area contributed by atoms with Gasteiger partial charge in [-0.3, -0.25) is 0 Å². The molecule has 0 aliphatic heterocycles. The zero-order valence-electron chi connectivity index (χ0n) is 10.6. The lowest BCUT2D eigenvalue weighted by Crippen LogP contribution is -2.13. The Morgan fingerprint density at radius 2 is 1.89 bits per heavy atom. The fourth-order valence-electron chi connectivity index (χ4n) is 1.91. The average Bonchev–Trinajstić information content (AvgIpc) is 2.43. The molecule has 100 valence electrons. The summed E-state index contributed by atoms with van der Waals surface area (Å²) in [6.45, 7) is 0. The summed E-state index contributed by atoms with van der Waals surface area (Å²) in [5.41, 5.74) is 7.79. The van der Waals surface area contributed by atoms with Crippen LogP contribution in [-0.4, -0.2) is 7.11 Å². The van der Waals surface area contributed by atoms with Gasteiger partial charge in [0, 0.05) is 11.1 Å². The molecule has 2 N–H and O–H groups in total. The van der Waals surface area contributed by atoms with Crippen LogP contribution < -0.4 is 10.5 Å². The Morgan fingerprint density at radius 1 is 1.21 bits per heavy atom. The second-order valence-corrected chi connectivity index (χ2v) is 4.73. The van der Waals surface area contributed by atoms with Crippen molar-refractivity contribution in [3.63, 3.8) is 0 Å². The molecule has 2 aromatic rings. The standard InChI is InChI=1S/C15H15ClFNO/c1-19-13-5-2-10(3-6-13)15(18)9-11-8-12(17)4-7-14(11)16/h2-8,15H,9,18H2,1H3. The van der Waals surface area contributed by atoms with Crippen molar-refractivity contribution in [1.29, 1.82) is 0 Å². The van der Waals surface area contributed by atoms with Crippen molar-refractivity contribution < 1.29 is 9.13 Å². The summed E-state index contributed by atoms with van der Waals surface area (Å²) in [7, 11) is 1.61. The normalized spacial score (nSPS) is 12.2. The van der Waals surface area contributed by atoms with Crippen LogP contribution in [0.3, 0.4) is 0 Å². The van der Waals surface area contributed by atoms with Gasteiger partial charge in [0.2, 0.25) is 0 Å². The highest BCUT2D eigenvalue weighted by Gasteiger charge is 2.10. The molecule has 2 rings (SSSR count). The largest absolute Gasteiger partial charge is 0.497 e. The average molecular weight is 280 g/mol. The molecule has 0 amide bonds. The van der Waals surface area contributed by atoms with Gasteiger partial charge in [-0.2, -0.15) is 0 Å². The Morgan fingerprint density at radius 3 is 2.53 bits per heavy atom. The third kappa shape index (κ3) is 3.46. The van der Waals surface area contributed by atoms with Crippen LogP contribution in [0, 0.1) is 5.82 Å². The number of ether oxygens (including phenoxy) is 1. The maximum Gasteiger partial charge on any atom is 0.123 e. The Labute approximate surface area is 117 Å². The van der Waals surface area contributed by atoms with Crippen molar-refractivity contribution in [2.75, 3.05) is 7.11 Å². The van der Waals surface area contributed by atoms with Crippen LogP contribution in [0.5, 0.6) is 5.75 Å². The van der Waals surface area contributed by atoms with Gasteiger partial charge < -0.3 is 10.5 Å². The summed E-state index contributed by atoms with van der Waals surface area (Å²) in [6.07, 6.45) is 0.489. The monoisotopic (exact) mass is 279 g/mol. The van der Waals surface area contributed by atoms with Gasteiger partial charge in [0.15, 0.2) is 0 Å². The van der Waals surface area contributed by atoms with Crippen molar-refractivity contribution in [3.05, 3.63) is 64.4 Å². The number of nitrogens with two attached hydrogens (primary N) is 1. The molecule has 19 heavy (non-hydrogen) atoms. The molecule has 0 saturated heterocycles. The summed E-state index contributed by atoms with van der Waals surface area (Å²) >= 11 is 6.03. The maximum absolute atomic E-state index is 13.2. The molecule has 0 heterocycles. The number of rotatable bonds is 4. The minimum absolute atomic E-state index is 0.231. The highest BCUT2D eigenvalue weighted by atomic mass is 35.5. The van der Waals surface area contributed by atoms with E-state index in [-0.39, 0.29) is 11.9 Å². The van der Waals surface area contributed by atoms with Gasteiger partial charge in [0.05, 0.1) is 7.11 Å². The second kappa shape index (κ2) is 6.04. The van der Waals surface area contributed by atoms with Crippen LogP contribution in [0.4, 0.5) is 4.39 Å². The zero-order chi connectivity index (χ0) is 13.8. The number of benzene rings is 2. The first kappa shape index (κ1) is 13.8. The number of hydrogen-bond acceptors (Lipinski definition) is 2. The van der Waals surface area contributed by atoms with Crippen molar-refractivity contribution in [1.82, 2.24) is 0 Å². The van der Waals surface area contributed by atoms with E-state index in [0.29, 0.717) is 17.0 Å². The topological polar surface area (TPSA) is 35.2 Å². The highest BCUT2D eigenvalue weighted by Crippen LogP contribution is 2.24. The quantitative estimate of drug-likeness (QED) is 0.925. The molecular weight excluding hydrogens is 265 g/mol. The smallest absolute Gasteiger partial charge is 0.123 e. The minimum Gasteiger partial charge on any atom is -0.497 e. The van der Waals surface area contributed by atoms with Gasteiger partial charge in [-0.25, -0.2) is 4.39 Å². The van der Waals surface area contributed by atoms with E-state index in [9.17, 15) is 4.39 Å². The Kier molecular flexibility index (Phi) is 4.40. The van der Waals surface area contributed by atoms with E-state index < -0.39 is 0 Å². The number of hydrogen-bond donors (Lipinski definition) is 1. The van der Waals surface area contributed by atoms with E-state index in [2.05, 4.69) is 0 Å². The van der Waals surface area contributed by atoms with Crippen LogP contribution in [-0.2, 0) is 6.42 Å². The molecule has 0 aliphatic carbocycles. The summed E-state index contributed by atoms with van der Waals surface area (Å²) in [6, 6.07) is 11.6. The first-order valence-electron chi connectivity index (χ1n) is 5.93. The van der Waals surface area contributed by atoms with Crippen molar-refractivity contribution in [3.8, 4) is 5.75 Å². The lowest BCUT2D eigenvalue weighted by molar-refractivity contribution is 0.414. The lowest BCUT2D eigenvalue weighted by atomic mass is 9.99. The molecule has 4 heteroatoms. The molecule has 2 aromatic carbocycles. The fourth-order valence-corrected chi connectivity index (χ4v) is 2.10. The molecule has 0 aromatic heterocycles. The predicted molar refractivity (Wildman–Crippen MR) is 75.0 cm³/mol. The van der Waals surface area contributed by atoms with E-state index in [1.165, 1.54) is 12.1 Å². The van der Waals surface area contributed by atoms with E-state index in [4.69, 9.17) is 22.1 Å². The van der Waals surface area contributed by atoms with E-state index in [0.717, 1.165) is 11.3 Å². The summed E-state index contributed by atoms with van der Waals surface area (Å²) < 4.78 is 18.3. The number of methoxy groups -OCH3 is 1. The van der Waals surface area contributed by atoms with E-state index in [1.807, 2.05) is 24.3 Å². The van der Waals surface area contributed by atoms with Crippen LogP contribution in [0.25, 0.3) is 0 Å². The summed E-state index contributed by atoms with van der Waals surface area (Å²) in [5.74, 6) is 0.473. The first-order valence-corrected chi connectivity index (χ1v) is 6.31. The zero-order valence-corrected chi connectivity index (χ0v) is 11.3. The van der Waals surface area contributed by atoms with E-state index >= 15 is 0 Å². The highest BCUT2D eigenvalue weighted by molar-refractivity contribution is 6.31. The van der Waals surface area contributed by atoms with Crippen molar-refractivity contribution >= 4 is 11.6 Å². The summed E-state index contributed by atoms with van der Waals surface area (Å²) in [4.78, 5) is 0. The van der Waals surface area contributed by atoms with Gasteiger partial charge in [-0.1, -0.05) is 23.7 Å². The molecule has 0 fully saturated rings. The molecule has 2 nitrogen and oxygen atoms in total. The Hall–Kier alpha value is -1.58. The van der Waals surface area contributed by atoms with Crippen molar-refractivity contribution in [2.24, 2.45) is 5.73 Å². The molecule has 0 saturated carbocycles. The van der Waals surface area contributed by atoms with Gasteiger partial charge in [-0.15, -0.1) is 0 Å². The SMILES string of the molecule is COc1ccc(C(N)Cc2cc(F)ccc2Cl)cc1. The molecular formula is C15H15ClFNO. The summed E-state index contributed by atoms with van der Waals surface area (Å²) in [5, 5.41) is 0.533. The third-order valence-electron chi connectivity index (χ3n) is 2.99. The molecule has 0 spiro atoms. The van der Waals surface area contributed by atoms with Gasteiger partial charge >= 0.3 is 0 Å². The molecule has 0 bridgehead atoms. The Balaban J connectivity index is 2.15. The predicted octanol–water partition coefficient (Wildman–Crippen LogP) is 3.73. The fraction of sp³-hybridized carbons (Fsp3) is 0.200. The van der Waals surface area contributed by atoms with Gasteiger partial charge in [0.25, 0.3) is 0 Å². The van der Waals surface area contributed by atoms with Crippen molar-refractivity contribution in [2.45, 2.75) is 12.5 Å². The van der Waals surface area contributed by atoms with Gasteiger partial charge in [0.1, 0.15) is 11.6 Å². The number of halogens is 2. The Bertz CT molecular complexity index is 557. The first-order chi connectivity index (χ1) is 9.10. The molecule has 1 unspecified atom stereocenters. The molecule has 1 atom stereocenters. The van der Waals surface area contributed by atoms with Crippen LogP contribution >= 0.6 is 11.6 Å². The minimum atomic E-state index is -0.304. The molecule has 0 aliphatic rings. The third-order valence-corrected chi connectivity index (χ3v) is 3.36. The second-order valence-electron chi connectivity index (χ2n) is 4.32. The lowest BCUT2D eigenvalue weighted by Gasteiger charge is -2.14. The van der Waals surface area contributed by atoms with Gasteiger partial charge in [-0.05, 0) is 47.9 Å². The van der Waals surface area contributed by atoms with Crippen LogP contribution in [0.1, 0.15) is 17.2 Å². The van der Waals surface area contributed by atoms with Crippen LogP contribution in [0.15, 0.2) is 42.5 Å². The van der Waals surface area contributed by atoms with E-state index in [1.54, 1.807) is 13.2 Å². The van der Waals surface area contributed by atoms with Crippen LogP contribution in [0.2, 0.25) is 5.02 Å².